The van der Waals surface area contributed by atoms with Gasteiger partial charge in [-0.05, 0) is 54.1 Å². The molecule has 0 radical (unpaired) electrons. The van der Waals surface area contributed by atoms with Crippen LogP contribution in [-0.2, 0) is 16.2 Å². The number of aromatic nitrogens is 1. The number of nitrogens with zero attached hydrogens (tertiary/aromatic N) is 2. The number of hydrogen-bond acceptors (Lipinski definition) is 5. The number of amides is 2. The summed E-state index contributed by atoms with van der Waals surface area (Å²) in [5.41, 5.74) is 14.4. The van der Waals surface area contributed by atoms with Crippen molar-refractivity contribution in [1.82, 2.24) is 4.57 Å². The normalized spacial score (nSPS) is 11.3. The quantitative estimate of drug-likeness (QED) is 0.159. The van der Waals surface area contributed by atoms with E-state index in [9.17, 15) is 18.8 Å². The van der Waals surface area contributed by atoms with Gasteiger partial charge in [0, 0.05) is 41.2 Å². The lowest BCUT2D eigenvalue weighted by atomic mass is 10.1. The highest BCUT2D eigenvalue weighted by atomic mass is 19.1. The Bertz CT molecular complexity index is 1490. The van der Waals surface area contributed by atoms with Gasteiger partial charge in [-0.2, -0.15) is 0 Å². The highest BCUT2D eigenvalue weighted by Gasteiger charge is 2.18. The van der Waals surface area contributed by atoms with Crippen LogP contribution in [-0.4, -0.2) is 28.2 Å². The Labute approximate surface area is 205 Å². The predicted octanol–water partition coefficient (Wildman–Crippen LogP) is 3.36. The molecule has 182 valence electrons. The van der Waals surface area contributed by atoms with Gasteiger partial charge in [0.1, 0.15) is 11.5 Å². The van der Waals surface area contributed by atoms with Crippen molar-refractivity contribution in [2.24, 2.45) is 16.6 Å². The summed E-state index contributed by atoms with van der Waals surface area (Å²) < 4.78 is 15.1. The third kappa shape index (κ3) is 5.39. The zero-order valence-corrected chi connectivity index (χ0v) is 19.2. The third-order valence-corrected chi connectivity index (χ3v) is 5.39. The summed E-state index contributed by atoms with van der Waals surface area (Å²) >= 11 is 0. The van der Waals surface area contributed by atoms with Crippen LogP contribution in [0.3, 0.4) is 0 Å². The lowest BCUT2D eigenvalue weighted by Crippen LogP contribution is -2.18. The number of rotatable bonds is 7. The number of nitrogens with one attached hydrogen (secondary N) is 1. The Morgan fingerprint density at radius 2 is 1.61 bits per heavy atom. The first-order valence-electron chi connectivity index (χ1n) is 10.8. The minimum atomic E-state index is -0.610. The van der Waals surface area contributed by atoms with E-state index in [4.69, 9.17) is 11.5 Å². The molecule has 4 aromatic rings. The lowest BCUT2D eigenvalue weighted by Gasteiger charge is -2.12. The zero-order chi connectivity index (χ0) is 25.8. The molecule has 0 saturated heterocycles. The van der Waals surface area contributed by atoms with E-state index in [1.54, 1.807) is 53.1 Å². The monoisotopic (exact) mass is 487 g/mol. The number of nitrogens with two attached hydrogens (primary N) is 2. The number of primary amides is 1. The van der Waals surface area contributed by atoms with E-state index >= 15 is 0 Å². The van der Waals surface area contributed by atoms with Gasteiger partial charge in [0.15, 0.2) is 5.84 Å². The van der Waals surface area contributed by atoms with Gasteiger partial charge in [0.2, 0.25) is 5.91 Å². The smallest absolute Gasteiger partial charge is 0.332 e. The molecule has 10 heteroatoms. The minimum absolute atomic E-state index is 0.0111. The molecular weight excluding hydrogens is 465 g/mol. The summed E-state index contributed by atoms with van der Waals surface area (Å²) in [6.07, 6.45) is 0. The fourth-order valence-corrected chi connectivity index (χ4v) is 3.62. The molecule has 0 spiro atoms. The molecule has 36 heavy (non-hydrogen) atoms. The largest absolute Gasteiger partial charge is 0.380 e. The van der Waals surface area contributed by atoms with Crippen molar-refractivity contribution in [3.8, 4) is 0 Å². The molecule has 1 aromatic heterocycles. The Morgan fingerprint density at radius 1 is 0.944 bits per heavy atom. The average molecular weight is 487 g/mol. The van der Waals surface area contributed by atoms with Crippen LogP contribution in [0.25, 0.3) is 10.9 Å². The van der Waals surface area contributed by atoms with Crippen LogP contribution in [0.1, 0.15) is 38.9 Å². The van der Waals surface area contributed by atoms with Gasteiger partial charge in [-0.1, -0.05) is 29.4 Å². The molecule has 0 unspecified atom stereocenters. The van der Waals surface area contributed by atoms with Gasteiger partial charge >= 0.3 is 5.97 Å². The van der Waals surface area contributed by atoms with Crippen LogP contribution < -0.4 is 16.8 Å². The van der Waals surface area contributed by atoms with Gasteiger partial charge in [-0.3, -0.25) is 9.59 Å². The van der Waals surface area contributed by atoms with E-state index in [2.05, 4.69) is 15.3 Å². The van der Waals surface area contributed by atoms with Gasteiger partial charge < -0.3 is 26.2 Å². The number of anilines is 1. The molecule has 0 fully saturated rings. The number of benzene rings is 3. The molecule has 0 aliphatic rings. The molecule has 0 bridgehead atoms. The first-order valence-corrected chi connectivity index (χ1v) is 10.8. The molecular formula is C26H22FN5O4. The molecule has 0 aliphatic heterocycles. The first-order chi connectivity index (χ1) is 17.2. The minimum Gasteiger partial charge on any atom is -0.380 e. The Hall–Kier alpha value is -4.99. The van der Waals surface area contributed by atoms with Crippen molar-refractivity contribution >= 4 is 40.2 Å². The Balaban J connectivity index is 1.77. The topological polar surface area (TPSA) is 142 Å². The highest BCUT2D eigenvalue weighted by molar-refractivity contribution is 6.07. The SMILES string of the molecule is CC(=O)O/N=C(/N)c1ccc2cc(C(=O)Nc3ccc(F)cc3)n(Cc3ccc(C(N)=O)cc3)c2c1. The van der Waals surface area contributed by atoms with Crippen LogP contribution in [0.4, 0.5) is 10.1 Å². The molecule has 0 saturated carbocycles. The molecule has 4 rings (SSSR count). The van der Waals surface area contributed by atoms with E-state index in [0.29, 0.717) is 28.0 Å². The second kappa shape index (κ2) is 10.1. The Kier molecular flexibility index (Phi) is 6.77. The lowest BCUT2D eigenvalue weighted by molar-refractivity contribution is -0.140. The summed E-state index contributed by atoms with van der Waals surface area (Å²) in [5.74, 6) is -1.99. The first kappa shape index (κ1) is 24.1. The summed E-state index contributed by atoms with van der Waals surface area (Å²) in [4.78, 5) is 40.4. The van der Waals surface area contributed by atoms with E-state index in [1.807, 2.05) is 0 Å². The van der Waals surface area contributed by atoms with Crippen molar-refractivity contribution in [3.05, 3.63) is 101 Å². The maximum absolute atomic E-state index is 13.3. The van der Waals surface area contributed by atoms with Crippen molar-refractivity contribution in [2.45, 2.75) is 13.5 Å². The van der Waals surface area contributed by atoms with Crippen molar-refractivity contribution < 1.29 is 23.6 Å². The van der Waals surface area contributed by atoms with Gasteiger partial charge in [-0.15, -0.1) is 0 Å². The van der Waals surface area contributed by atoms with Crippen molar-refractivity contribution in [3.63, 3.8) is 0 Å². The van der Waals surface area contributed by atoms with Crippen LogP contribution in [0, 0.1) is 5.82 Å². The van der Waals surface area contributed by atoms with Crippen LogP contribution in [0.5, 0.6) is 0 Å². The van der Waals surface area contributed by atoms with Crippen LogP contribution in [0.2, 0.25) is 0 Å². The summed E-state index contributed by atoms with van der Waals surface area (Å²) in [5, 5.41) is 7.15. The van der Waals surface area contributed by atoms with E-state index < -0.39 is 23.6 Å². The maximum atomic E-state index is 13.3. The summed E-state index contributed by atoms with van der Waals surface area (Å²) in [6, 6.07) is 19.0. The van der Waals surface area contributed by atoms with Gasteiger partial charge in [-0.25, -0.2) is 9.18 Å². The van der Waals surface area contributed by atoms with Crippen molar-refractivity contribution in [2.75, 3.05) is 5.32 Å². The predicted molar refractivity (Wildman–Crippen MR) is 133 cm³/mol. The molecule has 1 heterocycles. The second-order valence-corrected chi connectivity index (χ2v) is 7.97. The molecule has 0 aliphatic carbocycles. The van der Waals surface area contributed by atoms with E-state index in [-0.39, 0.29) is 12.4 Å². The summed E-state index contributed by atoms with van der Waals surface area (Å²) in [7, 11) is 0. The fraction of sp³-hybridized carbons (Fsp3) is 0.0769. The number of amidine groups is 1. The summed E-state index contributed by atoms with van der Waals surface area (Å²) in [6.45, 7) is 1.49. The second-order valence-electron chi connectivity index (χ2n) is 7.97. The van der Waals surface area contributed by atoms with Crippen molar-refractivity contribution in [1.29, 1.82) is 0 Å². The molecule has 9 nitrogen and oxygen atoms in total. The van der Waals surface area contributed by atoms with Crippen LogP contribution in [0.15, 0.2) is 78.0 Å². The number of carbonyl (C=O) groups excluding carboxylic acids is 3. The van der Waals surface area contributed by atoms with Gasteiger partial charge in [0.05, 0.1) is 0 Å². The number of carbonyl (C=O) groups is 3. The number of fused-ring (bicyclic) bond motifs is 1. The highest BCUT2D eigenvalue weighted by Crippen LogP contribution is 2.24. The maximum Gasteiger partial charge on any atom is 0.332 e. The Morgan fingerprint density at radius 3 is 2.25 bits per heavy atom. The molecule has 5 N–H and O–H groups in total. The van der Waals surface area contributed by atoms with Gasteiger partial charge in [0.25, 0.3) is 5.91 Å². The third-order valence-electron chi connectivity index (χ3n) is 5.39. The fourth-order valence-electron chi connectivity index (χ4n) is 3.62. The van der Waals surface area contributed by atoms with E-state index in [1.165, 1.54) is 31.2 Å². The molecule has 2 amide bonds. The zero-order valence-electron chi connectivity index (χ0n) is 19.2. The number of oxime groups is 1. The van der Waals surface area contributed by atoms with E-state index in [0.717, 1.165) is 10.9 Å². The molecule has 3 aromatic carbocycles. The molecule has 0 atom stereocenters. The standard InChI is InChI=1S/C26H22FN5O4/c1-15(33)36-31-24(28)19-7-6-18-12-23(26(35)30-21-10-8-20(27)9-11-21)32(22(18)13-19)14-16-2-4-17(5-3-16)25(29)34/h2-13H,14H2,1H3,(H2,28,31)(H2,29,34)(H,30,35). The van der Waals surface area contributed by atoms with Crippen LogP contribution >= 0.6 is 0 Å². The number of hydrogen-bond donors (Lipinski definition) is 3. The average Bonchev–Trinajstić information content (AvgIpc) is 3.22. The number of halogens is 1.